The van der Waals surface area contributed by atoms with Crippen LogP contribution in [-0.2, 0) is 5.75 Å². The summed E-state index contributed by atoms with van der Waals surface area (Å²) in [6.45, 7) is 0. The molecule has 2 rings (SSSR count). The van der Waals surface area contributed by atoms with Crippen LogP contribution < -0.4 is 34.7 Å². The third kappa shape index (κ3) is 4.66. The van der Waals surface area contributed by atoms with Crippen LogP contribution in [0.1, 0.15) is 21.6 Å². The maximum Gasteiger partial charge on any atom is 1.00 e. The number of carboxylic acids is 1. The molecule has 0 radical (unpaired) electrons. The van der Waals surface area contributed by atoms with E-state index in [0.717, 1.165) is 10.5 Å². The van der Waals surface area contributed by atoms with Crippen LogP contribution in [0.25, 0.3) is 0 Å². The molecule has 0 amide bonds. The smallest absolute Gasteiger partial charge is 0.543 e. The van der Waals surface area contributed by atoms with Crippen LogP contribution in [-0.4, -0.2) is 11.0 Å². The van der Waals surface area contributed by atoms with Gasteiger partial charge in [0.15, 0.2) is 0 Å². The normalized spacial score (nSPS) is 9.35. The molecule has 0 bridgehead atoms. The van der Waals surface area contributed by atoms with Gasteiger partial charge in [0, 0.05) is 16.8 Å². The number of nitrogens with zero attached hydrogens (tertiary/aromatic N) is 2. The van der Waals surface area contributed by atoms with Gasteiger partial charge in [-0.15, -0.1) is 11.8 Å². The first-order chi connectivity index (χ1) is 9.19. The fourth-order valence-electron chi connectivity index (χ4n) is 1.48. The average molecular weight is 292 g/mol. The number of aromatic nitrogens is 1. The molecule has 0 aliphatic heterocycles. The molecule has 0 unspecified atom stereocenters. The minimum atomic E-state index is -1.28. The Hall–Kier alpha value is -1.32. The number of aromatic carboxylic acids is 1. The third-order valence-electron chi connectivity index (χ3n) is 2.41. The Balaban J connectivity index is 0.00000200. The van der Waals surface area contributed by atoms with Crippen LogP contribution in [0.3, 0.4) is 0 Å². The molecule has 0 fully saturated rings. The Labute approximate surface area is 143 Å². The number of carboxylic acid groups (broad SMARTS) is 1. The van der Waals surface area contributed by atoms with Gasteiger partial charge in [0.25, 0.3) is 0 Å². The van der Waals surface area contributed by atoms with Crippen molar-refractivity contribution < 1.29 is 39.5 Å². The number of hydrogen-bond acceptors (Lipinski definition) is 5. The van der Waals surface area contributed by atoms with Gasteiger partial charge in [-0.3, -0.25) is 4.98 Å². The summed E-state index contributed by atoms with van der Waals surface area (Å²) in [6, 6.07) is 12.6. The summed E-state index contributed by atoms with van der Waals surface area (Å²) in [5.41, 5.74) is 1.59. The van der Waals surface area contributed by atoms with E-state index in [0.29, 0.717) is 11.3 Å². The first kappa shape index (κ1) is 16.7. The number of nitriles is 1. The van der Waals surface area contributed by atoms with Crippen LogP contribution in [0.2, 0.25) is 0 Å². The second-order valence-corrected chi connectivity index (χ2v) is 4.82. The van der Waals surface area contributed by atoms with E-state index < -0.39 is 5.97 Å². The molecule has 1 aromatic heterocycles. The number of hydrogen-bond donors (Lipinski definition) is 0. The van der Waals surface area contributed by atoms with Gasteiger partial charge in [0.1, 0.15) is 0 Å². The molecule has 1 aromatic carbocycles. The predicted molar refractivity (Wildman–Crippen MR) is 69.3 cm³/mol. The van der Waals surface area contributed by atoms with Crippen LogP contribution in [0.4, 0.5) is 0 Å². The number of carbonyl (C=O) groups excluding carboxylic acids is 1. The molecule has 0 saturated carbocycles. The van der Waals surface area contributed by atoms with E-state index in [2.05, 4.69) is 11.1 Å². The molecule has 0 atom stereocenters. The average Bonchev–Trinajstić information content (AvgIpc) is 2.46. The van der Waals surface area contributed by atoms with E-state index in [4.69, 9.17) is 5.26 Å². The molecule has 0 aliphatic carbocycles. The van der Waals surface area contributed by atoms with Crippen molar-refractivity contribution in [1.82, 2.24) is 4.98 Å². The van der Waals surface area contributed by atoms with E-state index >= 15 is 0 Å². The molecule has 0 saturated heterocycles. The van der Waals surface area contributed by atoms with Gasteiger partial charge in [0.2, 0.25) is 0 Å². The van der Waals surface area contributed by atoms with Crippen LogP contribution in [0, 0.1) is 11.3 Å². The zero-order valence-corrected chi connectivity index (χ0v) is 13.7. The van der Waals surface area contributed by atoms with Gasteiger partial charge < -0.3 is 9.90 Å². The molecule has 0 N–H and O–H groups in total. The summed E-state index contributed by atoms with van der Waals surface area (Å²) in [5, 5.41) is 19.4. The molecule has 6 heteroatoms. The Morgan fingerprint density at radius 1 is 1.35 bits per heavy atom. The minimum absolute atomic E-state index is 0. The maximum atomic E-state index is 10.6. The minimum Gasteiger partial charge on any atom is -0.543 e. The molecule has 4 nitrogen and oxygen atoms in total. The van der Waals surface area contributed by atoms with E-state index in [1.807, 2.05) is 18.2 Å². The molecule has 0 spiro atoms. The fraction of sp³-hybridized carbons (Fsp3) is 0.0714. The molecule has 1 heterocycles. The maximum absolute atomic E-state index is 10.6. The first-order valence-corrected chi connectivity index (χ1v) is 6.47. The van der Waals surface area contributed by atoms with E-state index in [1.165, 1.54) is 24.0 Å². The Morgan fingerprint density at radius 3 is 2.75 bits per heavy atom. The summed E-state index contributed by atoms with van der Waals surface area (Å²) in [4.78, 5) is 15.2. The van der Waals surface area contributed by atoms with Crippen molar-refractivity contribution in [2.24, 2.45) is 0 Å². The zero-order chi connectivity index (χ0) is 13.7. The predicted octanol–water partition coefficient (Wildman–Crippen LogP) is -1.39. The standard InChI is InChI=1S/C14H10N2O2S.Na/c15-7-10-2-1-3-11(6-10)9-19-12-4-5-13(14(17)18)16-8-12;/h1-6,8H,9H2,(H,17,18);/q;+1/p-1. The van der Waals surface area contributed by atoms with E-state index in [9.17, 15) is 9.90 Å². The van der Waals surface area contributed by atoms with Crippen LogP contribution >= 0.6 is 11.8 Å². The van der Waals surface area contributed by atoms with Crippen LogP contribution in [0.5, 0.6) is 0 Å². The van der Waals surface area contributed by atoms with Gasteiger partial charge in [0.05, 0.1) is 23.3 Å². The number of thioether (sulfide) groups is 1. The Morgan fingerprint density at radius 2 is 2.15 bits per heavy atom. The molecule has 94 valence electrons. The van der Waals surface area contributed by atoms with Gasteiger partial charge in [-0.25, -0.2) is 0 Å². The topological polar surface area (TPSA) is 76.8 Å². The van der Waals surface area contributed by atoms with Crippen molar-refractivity contribution >= 4 is 17.7 Å². The van der Waals surface area contributed by atoms with Crippen molar-refractivity contribution in [3.05, 3.63) is 59.4 Å². The van der Waals surface area contributed by atoms with E-state index in [1.54, 1.807) is 12.1 Å². The van der Waals surface area contributed by atoms with Gasteiger partial charge >= 0.3 is 29.6 Å². The summed E-state index contributed by atoms with van der Waals surface area (Å²) >= 11 is 1.53. The zero-order valence-electron chi connectivity index (χ0n) is 10.9. The third-order valence-corrected chi connectivity index (χ3v) is 3.46. The quantitative estimate of drug-likeness (QED) is 0.512. The van der Waals surface area contributed by atoms with Crippen molar-refractivity contribution in [3.63, 3.8) is 0 Å². The van der Waals surface area contributed by atoms with Gasteiger partial charge in [-0.05, 0) is 29.8 Å². The summed E-state index contributed by atoms with van der Waals surface area (Å²) < 4.78 is 0. The number of carbonyl (C=O) groups is 1. The molecule has 2 aromatic rings. The molecule has 0 aliphatic rings. The first-order valence-electron chi connectivity index (χ1n) is 5.48. The molecule has 20 heavy (non-hydrogen) atoms. The summed E-state index contributed by atoms with van der Waals surface area (Å²) in [6.07, 6.45) is 1.50. The molecular formula is C14H9N2NaO2S. The van der Waals surface area contributed by atoms with Crippen molar-refractivity contribution in [3.8, 4) is 6.07 Å². The summed E-state index contributed by atoms with van der Waals surface area (Å²) in [7, 11) is 0. The second kappa shape index (κ2) is 8.08. The number of rotatable bonds is 4. The van der Waals surface area contributed by atoms with Gasteiger partial charge in [-0.1, -0.05) is 12.1 Å². The van der Waals surface area contributed by atoms with Crippen molar-refractivity contribution in [1.29, 1.82) is 5.26 Å². The fourth-order valence-corrected chi connectivity index (χ4v) is 2.29. The van der Waals surface area contributed by atoms with Crippen molar-refractivity contribution in [2.45, 2.75) is 10.6 Å². The Bertz CT molecular complexity index is 638. The number of pyridine rings is 1. The van der Waals surface area contributed by atoms with Crippen molar-refractivity contribution in [2.75, 3.05) is 0 Å². The second-order valence-electron chi connectivity index (χ2n) is 3.77. The largest absolute Gasteiger partial charge is 1.00 e. The summed E-state index contributed by atoms with van der Waals surface area (Å²) in [5.74, 6) is -0.583. The van der Waals surface area contributed by atoms with Gasteiger partial charge in [-0.2, -0.15) is 5.26 Å². The SMILES string of the molecule is N#Cc1cccc(CSc2ccc(C(=O)[O-])nc2)c1.[Na+]. The number of benzene rings is 1. The van der Waals surface area contributed by atoms with Crippen LogP contribution in [0.15, 0.2) is 47.5 Å². The monoisotopic (exact) mass is 292 g/mol. The Kier molecular flexibility index (Phi) is 6.76. The molecular weight excluding hydrogens is 283 g/mol. The van der Waals surface area contributed by atoms with E-state index in [-0.39, 0.29) is 35.3 Å².